The molecule has 1 atom stereocenters. The van der Waals surface area contributed by atoms with Crippen LogP contribution in [0, 0.1) is 5.82 Å². The molecule has 0 amide bonds. The first-order chi connectivity index (χ1) is 11.6. The van der Waals surface area contributed by atoms with Crippen molar-refractivity contribution in [3.63, 3.8) is 0 Å². The van der Waals surface area contributed by atoms with Crippen LogP contribution < -0.4 is 5.32 Å². The lowest BCUT2D eigenvalue weighted by atomic mass is 10.0. The Kier molecular flexibility index (Phi) is 5.26. The van der Waals surface area contributed by atoms with Crippen LogP contribution >= 0.6 is 0 Å². The van der Waals surface area contributed by atoms with Crippen LogP contribution in [0.15, 0.2) is 48.5 Å². The molecule has 1 aliphatic rings. The van der Waals surface area contributed by atoms with E-state index in [0.29, 0.717) is 5.69 Å². The fourth-order valence-electron chi connectivity index (χ4n) is 3.38. The number of benzene rings is 2. The standard InChI is InChI=1S/C20H23FN2O/c1-15(24)20-18(21)10-5-11-19(20)22-17-9-6-12-23(14-17)13-16-7-3-2-4-8-16/h2-5,7-8,10-11,17,22H,6,9,12-14H2,1H3. The highest BCUT2D eigenvalue weighted by atomic mass is 19.1. The highest BCUT2D eigenvalue weighted by Gasteiger charge is 2.22. The van der Waals surface area contributed by atoms with Gasteiger partial charge in [0.2, 0.25) is 0 Å². The summed E-state index contributed by atoms with van der Waals surface area (Å²) < 4.78 is 13.9. The molecule has 1 aliphatic heterocycles. The maximum Gasteiger partial charge on any atom is 0.164 e. The molecule has 0 aromatic heterocycles. The maximum absolute atomic E-state index is 13.9. The number of piperidine rings is 1. The lowest BCUT2D eigenvalue weighted by Gasteiger charge is -2.34. The van der Waals surface area contributed by atoms with E-state index < -0.39 is 5.82 Å². The monoisotopic (exact) mass is 326 g/mol. The third kappa shape index (κ3) is 4.01. The summed E-state index contributed by atoms with van der Waals surface area (Å²) in [5.74, 6) is -0.697. The smallest absolute Gasteiger partial charge is 0.164 e. The third-order valence-corrected chi connectivity index (χ3v) is 4.48. The van der Waals surface area contributed by atoms with Gasteiger partial charge >= 0.3 is 0 Å². The maximum atomic E-state index is 13.9. The first-order valence-corrected chi connectivity index (χ1v) is 8.46. The second-order valence-corrected chi connectivity index (χ2v) is 6.42. The molecule has 1 saturated heterocycles. The molecule has 0 spiro atoms. The quantitative estimate of drug-likeness (QED) is 0.840. The molecule has 2 aromatic carbocycles. The Labute approximate surface area is 142 Å². The lowest BCUT2D eigenvalue weighted by Crippen LogP contribution is -2.41. The van der Waals surface area contributed by atoms with Gasteiger partial charge in [-0.2, -0.15) is 0 Å². The summed E-state index contributed by atoms with van der Waals surface area (Å²) >= 11 is 0. The number of nitrogens with one attached hydrogen (secondary N) is 1. The van der Waals surface area contributed by atoms with Crippen LogP contribution in [0.5, 0.6) is 0 Å². The summed E-state index contributed by atoms with van der Waals surface area (Å²) in [5.41, 5.74) is 2.07. The van der Waals surface area contributed by atoms with Gasteiger partial charge in [0.15, 0.2) is 5.78 Å². The molecule has 4 heteroatoms. The SMILES string of the molecule is CC(=O)c1c(F)cccc1NC1CCCN(Cc2ccccc2)C1. The molecule has 1 heterocycles. The Morgan fingerprint density at radius 2 is 2.00 bits per heavy atom. The van der Waals surface area contributed by atoms with E-state index in [4.69, 9.17) is 0 Å². The average molecular weight is 326 g/mol. The van der Waals surface area contributed by atoms with Crippen LogP contribution in [-0.4, -0.2) is 29.8 Å². The van der Waals surface area contributed by atoms with Gasteiger partial charge in [-0.25, -0.2) is 4.39 Å². The molecule has 0 radical (unpaired) electrons. The highest BCUT2D eigenvalue weighted by Crippen LogP contribution is 2.23. The van der Waals surface area contributed by atoms with Crippen molar-refractivity contribution in [1.82, 2.24) is 4.90 Å². The van der Waals surface area contributed by atoms with Gasteiger partial charge in [0.05, 0.1) is 5.56 Å². The lowest BCUT2D eigenvalue weighted by molar-refractivity contribution is 0.101. The molecule has 1 unspecified atom stereocenters. The summed E-state index contributed by atoms with van der Waals surface area (Å²) in [6, 6.07) is 15.4. The number of likely N-dealkylation sites (tertiary alicyclic amines) is 1. The van der Waals surface area contributed by atoms with Gasteiger partial charge in [-0.3, -0.25) is 9.69 Å². The van der Waals surface area contributed by atoms with E-state index in [1.165, 1.54) is 18.6 Å². The summed E-state index contributed by atoms with van der Waals surface area (Å²) in [6.45, 7) is 4.28. The van der Waals surface area contributed by atoms with Gasteiger partial charge in [-0.1, -0.05) is 36.4 Å². The van der Waals surface area contributed by atoms with Crippen LogP contribution in [0.25, 0.3) is 0 Å². The minimum atomic E-state index is -0.454. The molecule has 0 bridgehead atoms. The number of Topliss-reactive ketones (excluding diaryl/α,β-unsaturated/α-hetero) is 1. The van der Waals surface area contributed by atoms with Crippen LogP contribution in [0.4, 0.5) is 10.1 Å². The Morgan fingerprint density at radius 1 is 1.21 bits per heavy atom. The first-order valence-electron chi connectivity index (χ1n) is 8.46. The van der Waals surface area contributed by atoms with Crippen molar-refractivity contribution in [2.24, 2.45) is 0 Å². The minimum absolute atomic E-state index is 0.165. The number of anilines is 1. The molecule has 1 fully saturated rings. The van der Waals surface area contributed by atoms with Gasteiger partial charge in [0, 0.05) is 24.8 Å². The molecule has 24 heavy (non-hydrogen) atoms. The number of hydrogen-bond acceptors (Lipinski definition) is 3. The van der Waals surface area contributed by atoms with Crippen LogP contribution in [0.2, 0.25) is 0 Å². The topological polar surface area (TPSA) is 32.3 Å². The number of nitrogens with zero attached hydrogens (tertiary/aromatic N) is 1. The molecule has 0 saturated carbocycles. The van der Waals surface area contributed by atoms with Crippen LogP contribution in [-0.2, 0) is 6.54 Å². The number of rotatable bonds is 5. The summed E-state index contributed by atoms with van der Waals surface area (Å²) in [6.07, 6.45) is 2.12. The van der Waals surface area contributed by atoms with Gasteiger partial charge in [-0.15, -0.1) is 0 Å². The number of carbonyl (C=O) groups excluding carboxylic acids is 1. The fourth-order valence-corrected chi connectivity index (χ4v) is 3.38. The van der Waals surface area contributed by atoms with Crippen molar-refractivity contribution >= 4 is 11.5 Å². The molecule has 3 nitrogen and oxygen atoms in total. The van der Waals surface area contributed by atoms with Crippen molar-refractivity contribution in [1.29, 1.82) is 0 Å². The molecule has 126 valence electrons. The predicted octanol–water partition coefficient (Wildman–Crippen LogP) is 4.10. The Balaban J connectivity index is 1.68. The average Bonchev–Trinajstić information content (AvgIpc) is 2.56. The van der Waals surface area contributed by atoms with E-state index in [0.717, 1.165) is 32.5 Å². The molecule has 3 rings (SSSR count). The molecular formula is C20H23FN2O. The second-order valence-electron chi connectivity index (χ2n) is 6.42. The zero-order valence-corrected chi connectivity index (χ0v) is 14.0. The van der Waals surface area contributed by atoms with Crippen molar-refractivity contribution in [2.45, 2.75) is 32.4 Å². The van der Waals surface area contributed by atoms with Crippen molar-refractivity contribution < 1.29 is 9.18 Å². The Bertz CT molecular complexity index is 702. The third-order valence-electron chi connectivity index (χ3n) is 4.48. The van der Waals surface area contributed by atoms with Crippen molar-refractivity contribution in [3.05, 3.63) is 65.5 Å². The van der Waals surface area contributed by atoms with E-state index in [1.54, 1.807) is 12.1 Å². The van der Waals surface area contributed by atoms with Gasteiger partial charge in [-0.05, 0) is 44.0 Å². The van der Waals surface area contributed by atoms with Gasteiger partial charge < -0.3 is 5.32 Å². The largest absolute Gasteiger partial charge is 0.380 e. The van der Waals surface area contributed by atoms with E-state index in [-0.39, 0.29) is 17.4 Å². The number of ketones is 1. The van der Waals surface area contributed by atoms with Gasteiger partial charge in [0.1, 0.15) is 5.82 Å². The van der Waals surface area contributed by atoms with E-state index in [2.05, 4.69) is 34.5 Å². The molecule has 2 aromatic rings. The van der Waals surface area contributed by atoms with Gasteiger partial charge in [0.25, 0.3) is 0 Å². The van der Waals surface area contributed by atoms with Crippen molar-refractivity contribution in [2.75, 3.05) is 18.4 Å². The van der Waals surface area contributed by atoms with E-state index in [9.17, 15) is 9.18 Å². The molecule has 0 aliphatic carbocycles. The molecular weight excluding hydrogens is 303 g/mol. The summed E-state index contributed by atoms with van der Waals surface area (Å²) in [7, 11) is 0. The highest BCUT2D eigenvalue weighted by molar-refractivity contribution is 5.99. The van der Waals surface area contributed by atoms with E-state index in [1.807, 2.05) is 6.07 Å². The molecule has 1 N–H and O–H groups in total. The zero-order chi connectivity index (χ0) is 16.9. The minimum Gasteiger partial charge on any atom is -0.380 e. The normalized spacial score (nSPS) is 18.3. The predicted molar refractivity (Wildman–Crippen MR) is 94.8 cm³/mol. The van der Waals surface area contributed by atoms with Crippen molar-refractivity contribution in [3.8, 4) is 0 Å². The number of carbonyl (C=O) groups is 1. The van der Waals surface area contributed by atoms with Crippen LogP contribution in [0.1, 0.15) is 35.7 Å². The number of halogens is 1. The van der Waals surface area contributed by atoms with E-state index >= 15 is 0 Å². The Morgan fingerprint density at radius 3 is 2.75 bits per heavy atom. The zero-order valence-electron chi connectivity index (χ0n) is 14.0. The first kappa shape index (κ1) is 16.7. The van der Waals surface area contributed by atoms with Crippen LogP contribution in [0.3, 0.4) is 0 Å². The fraction of sp³-hybridized carbons (Fsp3) is 0.350. The second kappa shape index (κ2) is 7.58. The summed E-state index contributed by atoms with van der Waals surface area (Å²) in [5, 5.41) is 3.38. The number of hydrogen-bond donors (Lipinski definition) is 1. The summed E-state index contributed by atoms with van der Waals surface area (Å²) in [4.78, 5) is 14.1. The Hall–Kier alpha value is -2.20.